The summed E-state index contributed by atoms with van der Waals surface area (Å²) in [6.45, 7) is 0. The molecule has 0 bridgehead atoms. The lowest BCUT2D eigenvalue weighted by atomic mass is 9.63. The molecule has 3 rings (SSSR count). The van der Waals surface area contributed by atoms with Gasteiger partial charge in [-0.1, -0.05) is 30.2 Å². The highest BCUT2D eigenvalue weighted by molar-refractivity contribution is 6.30. The van der Waals surface area contributed by atoms with Crippen LogP contribution in [0.2, 0.25) is 5.02 Å². The summed E-state index contributed by atoms with van der Waals surface area (Å²) in [7, 11) is 0. The Hall–Kier alpha value is -1.55. The van der Waals surface area contributed by atoms with E-state index in [1.54, 1.807) is 0 Å². The predicted octanol–water partition coefficient (Wildman–Crippen LogP) is 3.52. The Bertz CT molecular complexity index is 587. The van der Waals surface area contributed by atoms with Gasteiger partial charge in [-0.25, -0.2) is 0 Å². The summed E-state index contributed by atoms with van der Waals surface area (Å²) in [6, 6.07) is 7.66. The van der Waals surface area contributed by atoms with Gasteiger partial charge in [-0.05, 0) is 56.2 Å². The van der Waals surface area contributed by atoms with Gasteiger partial charge in [0.1, 0.15) is 0 Å². The number of halogens is 1. The van der Waals surface area contributed by atoms with Crippen molar-refractivity contribution < 1.29 is 14.7 Å². The number of nitrogens with one attached hydrogen (secondary N) is 1. The quantitative estimate of drug-likeness (QED) is 0.884. The first-order chi connectivity index (χ1) is 11.0. The normalized spacial score (nSPS) is 26.1. The van der Waals surface area contributed by atoms with Crippen molar-refractivity contribution in [2.24, 2.45) is 5.92 Å². The highest BCUT2D eigenvalue weighted by Crippen LogP contribution is 2.44. The van der Waals surface area contributed by atoms with Crippen LogP contribution < -0.4 is 5.32 Å². The Kier molecular flexibility index (Phi) is 4.62. The standard InChI is InChI=1S/C18H22ClNO3/c19-14-6-4-13(5-7-14)18(10-1-11-18)17(23)20-15-8-2-12(3-9-15)16(21)22/h4-7,12,15H,1-3,8-11H2,(H,20,23)(H,21,22). The number of hydrogen-bond acceptors (Lipinski definition) is 2. The number of aliphatic carboxylic acids is 1. The van der Waals surface area contributed by atoms with Crippen molar-refractivity contribution in [2.75, 3.05) is 0 Å². The van der Waals surface area contributed by atoms with Crippen molar-refractivity contribution >= 4 is 23.5 Å². The Balaban J connectivity index is 1.65. The van der Waals surface area contributed by atoms with Crippen LogP contribution in [0.25, 0.3) is 0 Å². The smallest absolute Gasteiger partial charge is 0.306 e. The van der Waals surface area contributed by atoms with Gasteiger partial charge in [-0.3, -0.25) is 9.59 Å². The SMILES string of the molecule is O=C(O)C1CCC(NC(=O)C2(c3ccc(Cl)cc3)CCC2)CC1. The summed E-state index contributed by atoms with van der Waals surface area (Å²) < 4.78 is 0. The van der Waals surface area contributed by atoms with Gasteiger partial charge in [0.25, 0.3) is 0 Å². The van der Waals surface area contributed by atoms with Gasteiger partial charge in [0.2, 0.25) is 5.91 Å². The van der Waals surface area contributed by atoms with E-state index >= 15 is 0 Å². The van der Waals surface area contributed by atoms with E-state index in [0.717, 1.165) is 37.7 Å². The number of carboxylic acid groups (broad SMARTS) is 1. The van der Waals surface area contributed by atoms with Crippen molar-refractivity contribution in [3.05, 3.63) is 34.9 Å². The van der Waals surface area contributed by atoms with E-state index in [9.17, 15) is 9.59 Å². The lowest BCUT2D eigenvalue weighted by molar-refractivity contribution is -0.142. The molecule has 2 fully saturated rings. The van der Waals surface area contributed by atoms with E-state index < -0.39 is 11.4 Å². The molecule has 1 aromatic rings. The number of carbonyl (C=O) groups excluding carboxylic acids is 1. The number of carboxylic acids is 1. The maximum absolute atomic E-state index is 12.9. The molecule has 1 aromatic carbocycles. The molecule has 2 saturated carbocycles. The van der Waals surface area contributed by atoms with Crippen molar-refractivity contribution in [3.8, 4) is 0 Å². The van der Waals surface area contributed by atoms with Gasteiger partial charge in [-0.15, -0.1) is 0 Å². The Morgan fingerprint density at radius 1 is 1.09 bits per heavy atom. The minimum Gasteiger partial charge on any atom is -0.481 e. The fourth-order valence-electron chi connectivity index (χ4n) is 3.75. The van der Waals surface area contributed by atoms with Crippen LogP contribution in [-0.4, -0.2) is 23.0 Å². The van der Waals surface area contributed by atoms with Crippen LogP contribution in [0.5, 0.6) is 0 Å². The third-order valence-corrected chi connectivity index (χ3v) is 5.70. The first kappa shape index (κ1) is 16.3. The molecule has 2 N–H and O–H groups in total. The van der Waals surface area contributed by atoms with Crippen LogP contribution in [0.15, 0.2) is 24.3 Å². The summed E-state index contributed by atoms with van der Waals surface area (Å²) in [4.78, 5) is 23.9. The van der Waals surface area contributed by atoms with Gasteiger partial charge in [0.15, 0.2) is 0 Å². The number of benzene rings is 1. The zero-order valence-corrected chi connectivity index (χ0v) is 13.8. The zero-order chi connectivity index (χ0) is 16.4. The van der Waals surface area contributed by atoms with Gasteiger partial charge < -0.3 is 10.4 Å². The molecule has 1 amide bonds. The molecular weight excluding hydrogens is 314 g/mol. The predicted molar refractivity (Wildman–Crippen MR) is 88.5 cm³/mol. The molecule has 5 heteroatoms. The van der Waals surface area contributed by atoms with Crippen LogP contribution in [0.3, 0.4) is 0 Å². The molecule has 0 atom stereocenters. The molecule has 0 heterocycles. The van der Waals surface area contributed by atoms with E-state index in [0.29, 0.717) is 17.9 Å². The minimum atomic E-state index is -0.716. The monoisotopic (exact) mass is 335 g/mol. The highest BCUT2D eigenvalue weighted by Gasteiger charge is 2.46. The molecule has 2 aliphatic rings. The molecule has 0 unspecified atom stereocenters. The summed E-state index contributed by atoms with van der Waals surface area (Å²) in [5.74, 6) is -0.881. The van der Waals surface area contributed by atoms with E-state index in [1.165, 1.54) is 0 Å². The average Bonchev–Trinajstić information content (AvgIpc) is 2.48. The largest absolute Gasteiger partial charge is 0.481 e. The highest BCUT2D eigenvalue weighted by atomic mass is 35.5. The fraction of sp³-hybridized carbons (Fsp3) is 0.556. The third-order valence-electron chi connectivity index (χ3n) is 5.45. The molecule has 0 aliphatic heterocycles. The first-order valence-electron chi connectivity index (χ1n) is 8.31. The van der Waals surface area contributed by atoms with Gasteiger partial charge >= 0.3 is 5.97 Å². The van der Waals surface area contributed by atoms with E-state index in [4.69, 9.17) is 16.7 Å². The number of hydrogen-bond donors (Lipinski definition) is 2. The maximum atomic E-state index is 12.9. The van der Waals surface area contributed by atoms with Crippen LogP contribution in [0.4, 0.5) is 0 Å². The summed E-state index contributed by atoms with van der Waals surface area (Å²) in [6.07, 6.45) is 5.58. The molecule has 4 nitrogen and oxygen atoms in total. The van der Waals surface area contributed by atoms with Crippen LogP contribution in [0, 0.1) is 5.92 Å². The van der Waals surface area contributed by atoms with E-state index in [-0.39, 0.29) is 17.9 Å². The van der Waals surface area contributed by atoms with Crippen molar-refractivity contribution in [1.82, 2.24) is 5.32 Å². The van der Waals surface area contributed by atoms with Gasteiger partial charge in [-0.2, -0.15) is 0 Å². The molecule has 2 aliphatic carbocycles. The summed E-state index contributed by atoms with van der Waals surface area (Å²) in [5.41, 5.74) is 0.610. The molecular formula is C18H22ClNO3. The van der Waals surface area contributed by atoms with Crippen LogP contribution in [0.1, 0.15) is 50.5 Å². The lowest BCUT2D eigenvalue weighted by Gasteiger charge is -2.42. The van der Waals surface area contributed by atoms with Crippen LogP contribution >= 0.6 is 11.6 Å². The van der Waals surface area contributed by atoms with E-state index in [2.05, 4.69) is 5.32 Å². The van der Waals surface area contributed by atoms with Crippen molar-refractivity contribution in [3.63, 3.8) is 0 Å². The Morgan fingerprint density at radius 3 is 2.17 bits per heavy atom. The number of amides is 1. The second kappa shape index (κ2) is 6.52. The molecule has 0 spiro atoms. The maximum Gasteiger partial charge on any atom is 0.306 e. The summed E-state index contributed by atoms with van der Waals surface area (Å²) >= 11 is 5.95. The molecule has 0 radical (unpaired) electrons. The van der Waals surface area contributed by atoms with Crippen LogP contribution in [-0.2, 0) is 15.0 Å². The number of carbonyl (C=O) groups is 2. The topological polar surface area (TPSA) is 66.4 Å². The molecule has 124 valence electrons. The second-order valence-electron chi connectivity index (χ2n) is 6.80. The molecule has 0 saturated heterocycles. The van der Waals surface area contributed by atoms with Gasteiger partial charge in [0, 0.05) is 11.1 Å². The summed E-state index contributed by atoms with van der Waals surface area (Å²) in [5, 5.41) is 12.9. The van der Waals surface area contributed by atoms with Crippen molar-refractivity contribution in [1.29, 1.82) is 0 Å². The Labute approximate surface area is 141 Å². The van der Waals surface area contributed by atoms with Crippen molar-refractivity contribution in [2.45, 2.75) is 56.4 Å². The minimum absolute atomic E-state index is 0.0878. The van der Waals surface area contributed by atoms with Gasteiger partial charge in [0.05, 0.1) is 11.3 Å². The molecule has 23 heavy (non-hydrogen) atoms. The molecule has 0 aromatic heterocycles. The second-order valence-corrected chi connectivity index (χ2v) is 7.24. The first-order valence-corrected chi connectivity index (χ1v) is 8.69. The third kappa shape index (κ3) is 3.23. The number of rotatable bonds is 4. The lowest BCUT2D eigenvalue weighted by Crippen LogP contribution is -2.52. The average molecular weight is 336 g/mol. The van der Waals surface area contributed by atoms with E-state index in [1.807, 2.05) is 24.3 Å². The zero-order valence-electron chi connectivity index (χ0n) is 13.1. The Morgan fingerprint density at radius 2 is 1.70 bits per heavy atom. The fourth-order valence-corrected chi connectivity index (χ4v) is 3.88.